The Morgan fingerprint density at radius 1 is 1.25 bits per heavy atom. The van der Waals surface area contributed by atoms with Crippen molar-refractivity contribution in [3.05, 3.63) is 57.2 Å². The fraction of sp³-hybridized carbons (Fsp3) is 0.250. The van der Waals surface area contributed by atoms with Gasteiger partial charge in [0, 0.05) is 14.8 Å². The van der Waals surface area contributed by atoms with Crippen LogP contribution >= 0.6 is 34.4 Å². The summed E-state index contributed by atoms with van der Waals surface area (Å²) in [5.74, 6) is 7.14. The zero-order chi connectivity index (χ0) is 20.3. The SMILES string of the molecule is Cc1cccc(-c2nnc(SCC(=O)Nc3ccc(I)cc3C(C)C)n2N)c1. The second kappa shape index (κ2) is 8.95. The first-order valence-corrected chi connectivity index (χ1v) is 10.9. The summed E-state index contributed by atoms with van der Waals surface area (Å²) < 4.78 is 2.57. The highest BCUT2D eigenvalue weighted by atomic mass is 127. The van der Waals surface area contributed by atoms with Crippen LogP contribution in [0.2, 0.25) is 0 Å². The maximum atomic E-state index is 12.4. The van der Waals surface area contributed by atoms with Crippen LogP contribution in [0.4, 0.5) is 5.69 Å². The smallest absolute Gasteiger partial charge is 0.234 e. The molecule has 0 atom stereocenters. The van der Waals surface area contributed by atoms with Gasteiger partial charge in [0.2, 0.25) is 11.1 Å². The van der Waals surface area contributed by atoms with E-state index in [4.69, 9.17) is 5.84 Å². The van der Waals surface area contributed by atoms with Gasteiger partial charge >= 0.3 is 0 Å². The molecule has 0 saturated heterocycles. The van der Waals surface area contributed by atoms with Crippen LogP contribution in [-0.4, -0.2) is 26.5 Å². The molecule has 0 aliphatic carbocycles. The van der Waals surface area contributed by atoms with Crippen LogP contribution in [0.3, 0.4) is 0 Å². The van der Waals surface area contributed by atoms with E-state index in [0.717, 1.165) is 25.9 Å². The molecule has 1 heterocycles. The fourth-order valence-corrected chi connectivity index (χ4v) is 3.97. The topological polar surface area (TPSA) is 85.8 Å². The van der Waals surface area contributed by atoms with Crippen molar-refractivity contribution in [1.29, 1.82) is 0 Å². The number of carbonyl (C=O) groups is 1. The third-order valence-electron chi connectivity index (χ3n) is 4.18. The number of amides is 1. The molecular formula is C20H22IN5OS. The standard InChI is InChI=1S/C20H22IN5OS/c1-12(2)16-10-15(21)7-8-17(16)23-18(27)11-28-20-25-24-19(26(20)22)14-6-4-5-13(3)9-14/h4-10,12H,11,22H2,1-3H3,(H,23,27). The summed E-state index contributed by atoms with van der Waals surface area (Å²) in [6.45, 7) is 6.23. The Bertz CT molecular complexity index is 1000. The lowest BCUT2D eigenvalue weighted by Gasteiger charge is -2.14. The predicted octanol–water partition coefficient (Wildman–Crippen LogP) is 4.43. The third kappa shape index (κ3) is 4.85. The first kappa shape index (κ1) is 20.7. The molecule has 0 fully saturated rings. The van der Waals surface area contributed by atoms with Gasteiger partial charge in [-0.25, -0.2) is 4.68 Å². The Morgan fingerprint density at radius 2 is 2.04 bits per heavy atom. The van der Waals surface area contributed by atoms with Crippen molar-refractivity contribution in [2.45, 2.75) is 31.8 Å². The number of benzene rings is 2. The van der Waals surface area contributed by atoms with Crippen LogP contribution in [0.1, 0.15) is 30.9 Å². The van der Waals surface area contributed by atoms with Crippen molar-refractivity contribution in [3.63, 3.8) is 0 Å². The average molecular weight is 507 g/mol. The van der Waals surface area contributed by atoms with Crippen molar-refractivity contribution in [1.82, 2.24) is 14.9 Å². The van der Waals surface area contributed by atoms with Crippen LogP contribution < -0.4 is 11.2 Å². The van der Waals surface area contributed by atoms with Gasteiger partial charge in [-0.3, -0.25) is 4.79 Å². The van der Waals surface area contributed by atoms with Gasteiger partial charge < -0.3 is 11.2 Å². The van der Waals surface area contributed by atoms with Crippen molar-refractivity contribution in [3.8, 4) is 11.4 Å². The van der Waals surface area contributed by atoms with Crippen molar-refractivity contribution in [2.75, 3.05) is 16.9 Å². The molecule has 0 saturated carbocycles. The van der Waals surface area contributed by atoms with Crippen LogP contribution in [0.25, 0.3) is 11.4 Å². The zero-order valence-electron chi connectivity index (χ0n) is 15.9. The summed E-state index contributed by atoms with van der Waals surface area (Å²) >= 11 is 3.54. The Morgan fingerprint density at radius 3 is 2.75 bits per heavy atom. The number of hydrogen-bond acceptors (Lipinski definition) is 5. The number of nitrogen functional groups attached to an aromatic ring is 1. The Balaban J connectivity index is 1.68. The highest BCUT2D eigenvalue weighted by molar-refractivity contribution is 14.1. The third-order valence-corrected chi connectivity index (χ3v) is 5.80. The van der Waals surface area contributed by atoms with Crippen LogP contribution in [0, 0.1) is 10.5 Å². The molecule has 2 aromatic carbocycles. The number of carbonyl (C=O) groups excluding carboxylic acids is 1. The Kier molecular flexibility index (Phi) is 6.61. The molecule has 1 aromatic heterocycles. The monoisotopic (exact) mass is 507 g/mol. The molecule has 8 heteroatoms. The molecule has 3 rings (SSSR count). The molecule has 3 N–H and O–H groups in total. The minimum atomic E-state index is -0.104. The lowest BCUT2D eigenvalue weighted by atomic mass is 10.0. The quantitative estimate of drug-likeness (QED) is 0.293. The summed E-state index contributed by atoms with van der Waals surface area (Å²) in [5, 5.41) is 11.8. The molecule has 28 heavy (non-hydrogen) atoms. The van der Waals surface area contributed by atoms with E-state index in [9.17, 15) is 4.79 Å². The number of aryl methyl sites for hydroxylation is 1. The van der Waals surface area contributed by atoms with Crippen molar-refractivity contribution >= 4 is 45.9 Å². The average Bonchev–Trinajstić information content (AvgIpc) is 3.02. The minimum Gasteiger partial charge on any atom is -0.335 e. The highest BCUT2D eigenvalue weighted by Crippen LogP contribution is 2.27. The number of rotatable bonds is 6. The summed E-state index contributed by atoms with van der Waals surface area (Å²) in [4.78, 5) is 12.4. The molecule has 6 nitrogen and oxygen atoms in total. The molecule has 0 spiro atoms. The second-order valence-electron chi connectivity index (χ2n) is 6.77. The van der Waals surface area contributed by atoms with E-state index >= 15 is 0 Å². The van der Waals surface area contributed by atoms with E-state index in [-0.39, 0.29) is 11.7 Å². The molecule has 0 aliphatic rings. The van der Waals surface area contributed by atoms with Gasteiger partial charge in [-0.2, -0.15) is 0 Å². The normalized spacial score (nSPS) is 11.0. The van der Waals surface area contributed by atoms with Gasteiger partial charge in [0.1, 0.15) is 0 Å². The molecule has 0 radical (unpaired) electrons. The van der Waals surface area contributed by atoms with E-state index in [1.165, 1.54) is 16.4 Å². The molecule has 0 aliphatic heterocycles. The number of halogens is 1. The highest BCUT2D eigenvalue weighted by Gasteiger charge is 2.15. The van der Waals surface area contributed by atoms with Gasteiger partial charge in [0.15, 0.2) is 5.82 Å². The van der Waals surface area contributed by atoms with Crippen molar-refractivity contribution < 1.29 is 4.79 Å². The molecule has 0 bridgehead atoms. The molecular weight excluding hydrogens is 485 g/mol. The maximum absolute atomic E-state index is 12.4. The fourth-order valence-electron chi connectivity index (χ4n) is 2.80. The number of anilines is 1. The number of nitrogens with one attached hydrogen (secondary N) is 1. The second-order valence-corrected chi connectivity index (χ2v) is 8.96. The van der Waals surface area contributed by atoms with E-state index in [2.05, 4.69) is 58.0 Å². The number of nitrogens with two attached hydrogens (primary N) is 1. The summed E-state index contributed by atoms with van der Waals surface area (Å²) in [7, 11) is 0. The van der Waals surface area contributed by atoms with Crippen LogP contribution in [0.5, 0.6) is 0 Å². The first-order valence-electron chi connectivity index (χ1n) is 8.84. The van der Waals surface area contributed by atoms with E-state index < -0.39 is 0 Å². The van der Waals surface area contributed by atoms with Gasteiger partial charge in [0.05, 0.1) is 5.75 Å². The minimum absolute atomic E-state index is 0.104. The molecule has 1 amide bonds. The molecule has 146 valence electrons. The van der Waals surface area contributed by atoms with Crippen LogP contribution in [0.15, 0.2) is 47.6 Å². The molecule has 3 aromatic rings. The van der Waals surface area contributed by atoms with E-state index in [0.29, 0.717) is 16.9 Å². The Hall–Kier alpha value is -2.07. The number of thioether (sulfide) groups is 1. The first-order chi connectivity index (χ1) is 13.3. The number of nitrogens with zero attached hydrogens (tertiary/aromatic N) is 3. The molecule has 0 unspecified atom stereocenters. The zero-order valence-corrected chi connectivity index (χ0v) is 18.9. The maximum Gasteiger partial charge on any atom is 0.234 e. The lowest BCUT2D eigenvalue weighted by Crippen LogP contribution is -2.17. The van der Waals surface area contributed by atoms with Gasteiger partial charge in [0.25, 0.3) is 0 Å². The summed E-state index contributed by atoms with van der Waals surface area (Å²) in [5.41, 5.74) is 3.98. The number of aromatic nitrogens is 3. The van der Waals surface area contributed by atoms with Crippen molar-refractivity contribution in [2.24, 2.45) is 0 Å². The summed E-state index contributed by atoms with van der Waals surface area (Å²) in [6.07, 6.45) is 0. The van der Waals surface area contributed by atoms with E-state index in [1.807, 2.05) is 43.3 Å². The van der Waals surface area contributed by atoms with Gasteiger partial charge in [-0.15, -0.1) is 10.2 Å². The largest absolute Gasteiger partial charge is 0.335 e. The lowest BCUT2D eigenvalue weighted by molar-refractivity contribution is -0.113. The van der Waals surface area contributed by atoms with Gasteiger partial charge in [-0.05, 0) is 65.3 Å². The van der Waals surface area contributed by atoms with Crippen LogP contribution in [-0.2, 0) is 4.79 Å². The van der Waals surface area contributed by atoms with E-state index in [1.54, 1.807) is 0 Å². The Labute approximate surface area is 182 Å². The van der Waals surface area contributed by atoms with Gasteiger partial charge in [-0.1, -0.05) is 49.4 Å². The summed E-state index contributed by atoms with van der Waals surface area (Å²) in [6, 6.07) is 13.9. The predicted molar refractivity (Wildman–Crippen MR) is 123 cm³/mol. The number of hydrogen-bond donors (Lipinski definition) is 2.